The van der Waals surface area contributed by atoms with Gasteiger partial charge in [0, 0.05) is 13.1 Å². The lowest BCUT2D eigenvalue weighted by atomic mass is 10.2. The van der Waals surface area contributed by atoms with Crippen LogP contribution in [0.1, 0.15) is 44.6 Å². The summed E-state index contributed by atoms with van der Waals surface area (Å²) in [7, 11) is -3.63. The number of aromatic nitrogens is 1. The lowest BCUT2D eigenvalue weighted by Crippen LogP contribution is -2.35. The van der Waals surface area contributed by atoms with Gasteiger partial charge in [0.2, 0.25) is 15.9 Å². The molecule has 1 aromatic heterocycles. The third-order valence-corrected chi connectivity index (χ3v) is 7.60. The summed E-state index contributed by atoms with van der Waals surface area (Å²) in [6.07, 6.45) is 2.62. The molecule has 2 heterocycles. The number of hydrogen-bond acceptors (Lipinski definition) is 7. The Morgan fingerprint density at radius 2 is 1.97 bits per heavy atom. The van der Waals surface area contributed by atoms with Crippen molar-refractivity contribution in [2.75, 3.05) is 24.2 Å². The first-order chi connectivity index (χ1) is 14.7. The van der Waals surface area contributed by atoms with E-state index in [0.29, 0.717) is 35.5 Å². The molecule has 0 bridgehead atoms. The molecule has 0 radical (unpaired) electrons. The fourth-order valence-corrected chi connectivity index (χ4v) is 5.45. The minimum absolute atomic E-state index is 0.0730. The van der Waals surface area contributed by atoms with Crippen molar-refractivity contribution in [3.63, 3.8) is 0 Å². The van der Waals surface area contributed by atoms with Gasteiger partial charge < -0.3 is 14.5 Å². The highest BCUT2D eigenvalue weighted by Gasteiger charge is 2.27. The van der Waals surface area contributed by atoms with E-state index in [1.807, 2.05) is 27.7 Å². The second-order valence-electron chi connectivity index (χ2n) is 7.75. The van der Waals surface area contributed by atoms with Crippen molar-refractivity contribution in [3.8, 4) is 5.75 Å². The maximum Gasteiger partial charge on any atom is 0.256 e. The van der Waals surface area contributed by atoms with Gasteiger partial charge in [0.1, 0.15) is 11.5 Å². The van der Waals surface area contributed by atoms with Gasteiger partial charge in [0.25, 0.3) is 5.22 Å². The lowest BCUT2D eigenvalue weighted by molar-refractivity contribution is -0.113. The van der Waals surface area contributed by atoms with E-state index in [1.54, 1.807) is 6.07 Å². The Balaban J connectivity index is 1.78. The summed E-state index contributed by atoms with van der Waals surface area (Å²) in [6.45, 7) is 8.42. The number of oxazole rings is 1. The summed E-state index contributed by atoms with van der Waals surface area (Å²) in [5.41, 5.74) is 1.11. The number of anilines is 1. The number of sulfonamides is 1. The maximum atomic E-state index is 13.1. The van der Waals surface area contributed by atoms with Crippen LogP contribution in [-0.2, 0) is 14.8 Å². The quantitative estimate of drug-likeness (QED) is 0.586. The highest BCUT2D eigenvalue weighted by atomic mass is 32.2. The van der Waals surface area contributed by atoms with Crippen LogP contribution in [0.15, 0.2) is 32.7 Å². The molecule has 31 heavy (non-hydrogen) atoms. The molecular weight excluding hydrogens is 438 g/mol. The highest BCUT2D eigenvalue weighted by molar-refractivity contribution is 7.99. The SMILES string of the molecule is Cc1nc(SCC(=O)Nc2cc(S(=O)(=O)N3CCCCC3)ccc2OC(C)C)oc1C. The van der Waals surface area contributed by atoms with Crippen LogP contribution in [0.5, 0.6) is 5.75 Å². The molecule has 0 aliphatic carbocycles. The normalized spacial score (nSPS) is 15.3. The van der Waals surface area contributed by atoms with E-state index in [9.17, 15) is 13.2 Å². The Kier molecular flexibility index (Phi) is 7.66. The lowest BCUT2D eigenvalue weighted by Gasteiger charge is -2.26. The van der Waals surface area contributed by atoms with Gasteiger partial charge in [-0.1, -0.05) is 18.2 Å². The van der Waals surface area contributed by atoms with E-state index >= 15 is 0 Å². The van der Waals surface area contributed by atoms with Crippen LogP contribution in [0.2, 0.25) is 0 Å². The molecule has 0 spiro atoms. The molecule has 1 N–H and O–H groups in total. The third kappa shape index (κ3) is 6.02. The second-order valence-corrected chi connectivity index (χ2v) is 10.6. The predicted molar refractivity (Wildman–Crippen MR) is 120 cm³/mol. The predicted octanol–water partition coefficient (Wildman–Crippen LogP) is 3.98. The first kappa shape index (κ1) is 23.6. The molecule has 0 atom stereocenters. The molecule has 1 aromatic carbocycles. The fraction of sp³-hybridized carbons (Fsp3) is 0.524. The number of benzene rings is 1. The summed E-state index contributed by atoms with van der Waals surface area (Å²) in [5.74, 6) is 0.906. The number of nitrogens with one attached hydrogen (secondary N) is 1. The highest BCUT2D eigenvalue weighted by Crippen LogP contribution is 2.31. The molecule has 1 amide bonds. The van der Waals surface area contributed by atoms with Gasteiger partial charge >= 0.3 is 0 Å². The van der Waals surface area contributed by atoms with Gasteiger partial charge in [0.15, 0.2) is 0 Å². The van der Waals surface area contributed by atoms with Crippen LogP contribution in [0.25, 0.3) is 0 Å². The number of carbonyl (C=O) groups is 1. The van der Waals surface area contributed by atoms with Crippen molar-refractivity contribution in [2.45, 2.75) is 63.2 Å². The van der Waals surface area contributed by atoms with Gasteiger partial charge in [-0.2, -0.15) is 4.31 Å². The molecule has 2 aromatic rings. The summed E-state index contributed by atoms with van der Waals surface area (Å²) in [4.78, 5) is 17.0. The zero-order valence-corrected chi connectivity index (χ0v) is 19.9. The Morgan fingerprint density at radius 3 is 2.58 bits per heavy atom. The number of thioether (sulfide) groups is 1. The molecule has 170 valence electrons. The van der Waals surface area contributed by atoms with Crippen molar-refractivity contribution in [3.05, 3.63) is 29.7 Å². The van der Waals surface area contributed by atoms with Gasteiger partial charge in [-0.25, -0.2) is 13.4 Å². The number of carbonyl (C=O) groups excluding carboxylic acids is 1. The summed E-state index contributed by atoms with van der Waals surface area (Å²) in [6, 6.07) is 4.61. The molecule has 3 rings (SSSR count). The van der Waals surface area contributed by atoms with E-state index < -0.39 is 10.0 Å². The Bertz CT molecular complexity index is 1010. The topological polar surface area (TPSA) is 102 Å². The molecule has 1 saturated heterocycles. The molecular formula is C21H29N3O5S2. The van der Waals surface area contributed by atoms with E-state index in [2.05, 4.69) is 10.3 Å². The molecule has 0 unspecified atom stereocenters. The monoisotopic (exact) mass is 467 g/mol. The van der Waals surface area contributed by atoms with Crippen LogP contribution in [0, 0.1) is 13.8 Å². The summed E-state index contributed by atoms with van der Waals surface area (Å²) >= 11 is 1.18. The fourth-order valence-electron chi connectivity index (χ4n) is 3.20. The van der Waals surface area contributed by atoms with E-state index in [4.69, 9.17) is 9.15 Å². The van der Waals surface area contributed by atoms with E-state index in [0.717, 1.165) is 25.0 Å². The summed E-state index contributed by atoms with van der Waals surface area (Å²) < 4.78 is 38.9. The average Bonchev–Trinajstić information content (AvgIpc) is 3.05. The Morgan fingerprint density at radius 1 is 1.26 bits per heavy atom. The van der Waals surface area contributed by atoms with Crippen molar-refractivity contribution in [1.29, 1.82) is 0 Å². The minimum atomic E-state index is -3.63. The number of piperidine rings is 1. The van der Waals surface area contributed by atoms with Crippen molar-refractivity contribution in [2.24, 2.45) is 0 Å². The number of hydrogen-bond donors (Lipinski definition) is 1. The molecule has 1 aliphatic heterocycles. The van der Waals surface area contributed by atoms with Crippen molar-refractivity contribution in [1.82, 2.24) is 9.29 Å². The van der Waals surface area contributed by atoms with Crippen LogP contribution in [0.3, 0.4) is 0 Å². The number of amides is 1. The Labute approximate surface area is 187 Å². The molecule has 0 saturated carbocycles. The number of aryl methyl sites for hydroxylation is 2. The second kappa shape index (κ2) is 10.1. The first-order valence-electron chi connectivity index (χ1n) is 10.3. The molecule has 1 fully saturated rings. The van der Waals surface area contributed by atoms with Crippen molar-refractivity contribution < 1.29 is 22.4 Å². The molecule has 1 aliphatic rings. The van der Waals surface area contributed by atoms with Crippen LogP contribution in [0.4, 0.5) is 5.69 Å². The molecule has 8 nitrogen and oxygen atoms in total. The third-order valence-electron chi connectivity index (χ3n) is 4.88. The first-order valence-corrected chi connectivity index (χ1v) is 12.8. The van der Waals surface area contributed by atoms with Gasteiger partial charge in [-0.3, -0.25) is 4.79 Å². The zero-order chi connectivity index (χ0) is 22.6. The number of nitrogens with zero attached hydrogens (tertiary/aromatic N) is 2. The standard InChI is InChI=1S/C21H29N3O5S2/c1-14(2)28-19-9-8-17(31(26,27)24-10-6-5-7-11-24)12-18(19)23-20(25)13-30-21-22-15(3)16(4)29-21/h8-9,12,14H,5-7,10-11,13H2,1-4H3,(H,23,25). The van der Waals surface area contributed by atoms with Crippen molar-refractivity contribution >= 4 is 33.4 Å². The Hall–Kier alpha value is -2.04. The van der Waals surface area contributed by atoms with Gasteiger partial charge in [0.05, 0.1) is 28.1 Å². The van der Waals surface area contributed by atoms with Crippen LogP contribution in [-0.4, -0.2) is 48.6 Å². The maximum absolute atomic E-state index is 13.1. The van der Waals surface area contributed by atoms with Gasteiger partial charge in [-0.05, 0) is 58.7 Å². The van der Waals surface area contributed by atoms with E-state index in [-0.39, 0.29) is 22.7 Å². The number of rotatable bonds is 8. The van der Waals surface area contributed by atoms with E-state index in [1.165, 1.54) is 28.2 Å². The zero-order valence-electron chi connectivity index (χ0n) is 18.3. The molecule has 10 heteroatoms. The minimum Gasteiger partial charge on any atom is -0.489 e. The number of ether oxygens (including phenoxy) is 1. The average molecular weight is 468 g/mol. The largest absolute Gasteiger partial charge is 0.489 e. The smallest absolute Gasteiger partial charge is 0.256 e. The van der Waals surface area contributed by atoms with Crippen LogP contribution < -0.4 is 10.1 Å². The summed E-state index contributed by atoms with van der Waals surface area (Å²) in [5, 5.41) is 3.21. The van der Waals surface area contributed by atoms with Crippen LogP contribution >= 0.6 is 11.8 Å². The van der Waals surface area contributed by atoms with Gasteiger partial charge in [-0.15, -0.1) is 0 Å².